The topological polar surface area (TPSA) is 73.5 Å². The third kappa shape index (κ3) is 4.21. The van der Waals surface area contributed by atoms with E-state index < -0.39 is 0 Å². The number of rotatable bonds is 3. The number of hydrogen-bond donors (Lipinski definition) is 3. The van der Waals surface area contributed by atoms with Gasteiger partial charge in [0.05, 0.1) is 0 Å². The van der Waals surface area contributed by atoms with Gasteiger partial charge in [-0.05, 0) is 39.0 Å². The highest BCUT2D eigenvalue weighted by atomic mass is 16.2. The Morgan fingerprint density at radius 3 is 2.82 bits per heavy atom. The predicted molar refractivity (Wildman–Crippen MR) is 87.1 cm³/mol. The smallest absolute Gasteiger partial charge is 0.319 e. The molecule has 1 atom stereocenters. The highest BCUT2D eigenvalue weighted by molar-refractivity contribution is 5.97. The number of nitrogens with zero attached hydrogens (tertiary/aromatic N) is 1. The van der Waals surface area contributed by atoms with Crippen LogP contribution in [0, 0.1) is 0 Å². The number of benzene rings is 1. The van der Waals surface area contributed by atoms with E-state index in [-0.39, 0.29) is 24.0 Å². The second kappa shape index (κ2) is 7.26. The van der Waals surface area contributed by atoms with Crippen LogP contribution in [0.5, 0.6) is 0 Å². The molecule has 0 saturated carbocycles. The monoisotopic (exact) mass is 304 g/mol. The molecule has 0 bridgehead atoms. The first-order chi connectivity index (χ1) is 10.5. The van der Waals surface area contributed by atoms with Gasteiger partial charge in [0.1, 0.15) is 0 Å². The number of nitrogens with one attached hydrogen (secondary N) is 3. The fourth-order valence-corrected chi connectivity index (χ4v) is 2.47. The number of carbonyl (C=O) groups excluding carboxylic acids is 2. The lowest BCUT2D eigenvalue weighted by Crippen LogP contribution is -2.52. The van der Waals surface area contributed by atoms with Crippen LogP contribution < -0.4 is 16.0 Å². The summed E-state index contributed by atoms with van der Waals surface area (Å²) in [6.07, 6.45) is 0. The van der Waals surface area contributed by atoms with Gasteiger partial charge < -0.3 is 20.9 Å². The summed E-state index contributed by atoms with van der Waals surface area (Å²) in [5.74, 6) is 0.00178. The minimum Gasteiger partial charge on any atom is -0.336 e. The van der Waals surface area contributed by atoms with Gasteiger partial charge in [-0.2, -0.15) is 0 Å². The van der Waals surface area contributed by atoms with Gasteiger partial charge in [0.15, 0.2) is 0 Å². The fourth-order valence-electron chi connectivity index (χ4n) is 2.47. The molecule has 1 aliphatic rings. The van der Waals surface area contributed by atoms with Crippen molar-refractivity contribution in [1.82, 2.24) is 15.5 Å². The standard InChI is InChI=1S/C16H24N4O2/c1-11(2)18-16(22)19-14-6-4-5-13(9-14)15(21)20-8-7-17-10-12(20)3/h4-6,9,11-12,17H,7-8,10H2,1-3H3,(H2,18,19,22)/t12-/m1/s1. The molecule has 3 N–H and O–H groups in total. The molecule has 1 aromatic carbocycles. The summed E-state index contributed by atoms with van der Waals surface area (Å²) >= 11 is 0. The summed E-state index contributed by atoms with van der Waals surface area (Å²) in [7, 11) is 0. The molecule has 120 valence electrons. The summed E-state index contributed by atoms with van der Waals surface area (Å²) in [5.41, 5.74) is 1.21. The second-order valence-corrected chi connectivity index (χ2v) is 5.89. The first-order valence-electron chi connectivity index (χ1n) is 7.66. The van der Waals surface area contributed by atoms with Crippen molar-refractivity contribution in [3.05, 3.63) is 29.8 Å². The van der Waals surface area contributed by atoms with Crippen LogP contribution in [0.25, 0.3) is 0 Å². The van der Waals surface area contributed by atoms with E-state index >= 15 is 0 Å². The van der Waals surface area contributed by atoms with E-state index in [0.717, 1.165) is 13.1 Å². The minimum atomic E-state index is -0.268. The van der Waals surface area contributed by atoms with Crippen molar-refractivity contribution in [3.63, 3.8) is 0 Å². The van der Waals surface area contributed by atoms with Crippen LogP contribution >= 0.6 is 0 Å². The molecule has 2 rings (SSSR count). The molecule has 1 aromatic rings. The number of urea groups is 1. The molecule has 6 nitrogen and oxygen atoms in total. The predicted octanol–water partition coefficient (Wildman–Crippen LogP) is 1.65. The van der Waals surface area contributed by atoms with Crippen LogP contribution in [0.3, 0.4) is 0 Å². The molecule has 1 heterocycles. The lowest BCUT2D eigenvalue weighted by Gasteiger charge is -2.34. The highest BCUT2D eigenvalue weighted by Crippen LogP contribution is 2.15. The average molecular weight is 304 g/mol. The van der Waals surface area contributed by atoms with E-state index in [1.54, 1.807) is 24.3 Å². The third-order valence-corrected chi connectivity index (χ3v) is 3.55. The van der Waals surface area contributed by atoms with Gasteiger partial charge in [-0.3, -0.25) is 4.79 Å². The number of hydrogen-bond acceptors (Lipinski definition) is 3. The Kier molecular flexibility index (Phi) is 5.38. The van der Waals surface area contributed by atoms with Gasteiger partial charge in [-0.1, -0.05) is 6.07 Å². The molecule has 0 spiro atoms. The maximum atomic E-state index is 12.6. The summed E-state index contributed by atoms with van der Waals surface area (Å²) in [6.45, 7) is 8.13. The van der Waals surface area contributed by atoms with E-state index in [4.69, 9.17) is 0 Å². The normalized spacial score (nSPS) is 18.2. The first-order valence-corrected chi connectivity index (χ1v) is 7.66. The second-order valence-electron chi connectivity index (χ2n) is 5.89. The van der Waals surface area contributed by atoms with Crippen LogP contribution in [-0.4, -0.2) is 48.6 Å². The third-order valence-electron chi connectivity index (χ3n) is 3.55. The van der Waals surface area contributed by atoms with Gasteiger partial charge in [0.2, 0.25) is 0 Å². The number of anilines is 1. The van der Waals surface area contributed by atoms with Crippen molar-refractivity contribution in [1.29, 1.82) is 0 Å². The van der Waals surface area contributed by atoms with Gasteiger partial charge >= 0.3 is 6.03 Å². The van der Waals surface area contributed by atoms with E-state index in [1.165, 1.54) is 0 Å². The lowest BCUT2D eigenvalue weighted by molar-refractivity contribution is 0.0656. The molecule has 22 heavy (non-hydrogen) atoms. The zero-order valence-corrected chi connectivity index (χ0v) is 13.3. The zero-order chi connectivity index (χ0) is 16.1. The van der Waals surface area contributed by atoms with Crippen molar-refractivity contribution < 1.29 is 9.59 Å². The molecule has 1 aliphatic heterocycles. The van der Waals surface area contributed by atoms with Crippen molar-refractivity contribution in [3.8, 4) is 0 Å². The van der Waals surface area contributed by atoms with Crippen molar-refractivity contribution >= 4 is 17.6 Å². The maximum Gasteiger partial charge on any atom is 0.319 e. The number of carbonyl (C=O) groups is 2. The fraction of sp³-hybridized carbons (Fsp3) is 0.500. The quantitative estimate of drug-likeness (QED) is 0.795. The van der Waals surface area contributed by atoms with Gasteiger partial charge in [-0.25, -0.2) is 4.79 Å². The molecule has 1 fully saturated rings. The molecule has 0 unspecified atom stereocenters. The van der Waals surface area contributed by atoms with E-state index in [0.29, 0.717) is 17.8 Å². The largest absolute Gasteiger partial charge is 0.336 e. The number of piperazine rings is 1. The minimum absolute atomic E-state index is 0.00178. The van der Waals surface area contributed by atoms with Gasteiger partial charge in [0, 0.05) is 43.0 Å². The molecule has 3 amide bonds. The Morgan fingerprint density at radius 2 is 2.14 bits per heavy atom. The van der Waals surface area contributed by atoms with Crippen molar-refractivity contribution in [2.24, 2.45) is 0 Å². The van der Waals surface area contributed by atoms with Crippen LogP contribution in [0.15, 0.2) is 24.3 Å². The maximum absolute atomic E-state index is 12.6. The molecule has 0 aromatic heterocycles. The van der Waals surface area contributed by atoms with E-state index in [2.05, 4.69) is 16.0 Å². The summed E-state index contributed by atoms with van der Waals surface area (Å²) in [5, 5.41) is 8.77. The van der Waals surface area contributed by atoms with E-state index in [9.17, 15) is 9.59 Å². The molecule has 1 saturated heterocycles. The molecule has 0 radical (unpaired) electrons. The van der Waals surface area contributed by atoms with Gasteiger partial charge in [-0.15, -0.1) is 0 Å². The molecular formula is C16H24N4O2. The Labute approximate surface area is 131 Å². The molecule has 0 aliphatic carbocycles. The van der Waals surface area contributed by atoms with Crippen LogP contribution in [0.4, 0.5) is 10.5 Å². The highest BCUT2D eigenvalue weighted by Gasteiger charge is 2.24. The van der Waals surface area contributed by atoms with Gasteiger partial charge in [0.25, 0.3) is 5.91 Å². The zero-order valence-electron chi connectivity index (χ0n) is 13.3. The molecular weight excluding hydrogens is 280 g/mol. The Morgan fingerprint density at radius 1 is 1.36 bits per heavy atom. The Bertz CT molecular complexity index is 545. The van der Waals surface area contributed by atoms with Crippen molar-refractivity contribution in [2.45, 2.75) is 32.9 Å². The number of amides is 3. The lowest BCUT2D eigenvalue weighted by atomic mass is 10.1. The molecule has 6 heteroatoms. The van der Waals surface area contributed by atoms with Crippen LogP contribution in [-0.2, 0) is 0 Å². The SMILES string of the molecule is CC(C)NC(=O)Nc1cccc(C(=O)N2CCNC[C@H]2C)c1. The van der Waals surface area contributed by atoms with E-state index in [1.807, 2.05) is 25.7 Å². The Balaban J connectivity index is 2.07. The Hall–Kier alpha value is -2.08. The summed E-state index contributed by atoms with van der Waals surface area (Å²) < 4.78 is 0. The first kappa shape index (κ1) is 16.3. The van der Waals surface area contributed by atoms with Crippen LogP contribution in [0.2, 0.25) is 0 Å². The summed E-state index contributed by atoms with van der Waals surface area (Å²) in [4.78, 5) is 26.2. The van der Waals surface area contributed by atoms with Crippen molar-refractivity contribution in [2.75, 3.05) is 25.0 Å². The van der Waals surface area contributed by atoms with Crippen LogP contribution in [0.1, 0.15) is 31.1 Å². The average Bonchev–Trinajstić information content (AvgIpc) is 2.46. The summed E-state index contributed by atoms with van der Waals surface area (Å²) in [6, 6.07) is 7.02.